The first-order valence-electron chi connectivity index (χ1n) is 7.86. The number of anilines is 1. The summed E-state index contributed by atoms with van der Waals surface area (Å²) >= 11 is 8.29. The lowest BCUT2D eigenvalue weighted by molar-refractivity contribution is 0.102. The van der Waals surface area contributed by atoms with Crippen LogP contribution >= 0.6 is 34.2 Å². The van der Waals surface area contributed by atoms with E-state index in [0.717, 1.165) is 5.56 Å². The third-order valence-electron chi connectivity index (χ3n) is 3.75. The third-order valence-corrected chi connectivity index (χ3v) is 5.60. The van der Waals surface area contributed by atoms with Crippen molar-refractivity contribution in [2.24, 2.45) is 0 Å². The Morgan fingerprint density at radius 2 is 1.93 bits per heavy atom. The maximum atomic E-state index is 12.6. The summed E-state index contributed by atoms with van der Waals surface area (Å²) in [5.41, 5.74) is 3.14. The van der Waals surface area contributed by atoms with Crippen molar-refractivity contribution in [2.45, 2.75) is 5.75 Å². The molecule has 1 N–H and O–H groups in total. The number of hydrogen-bond donors (Lipinski definition) is 2. The SMILES string of the molecule is O=C(Nc1ccc(Cl)c(-c2ccccn2)c1)c1ccc(C[SH](=O)=O)cc1I. The largest absolute Gasteiger partial charge is 0.322 e. The summed E-state index contributed by atoms with van der Waals surface area (Å²) < 4.78 is 22.4. The van der Waals surface area contributed by atoms with Gasteiger partial charge >= 0.3 is 0 Å². The van der Waals surface area contributed by atoms with E-state index >= 15 is 0 Å². The molecule has 1 heterocycles. The summed E-state index contributed by atoms with van der Waals surface area (Å²) in [6, 6.07) is 15.7. The smallest absolute Gasteiger partial charge is 0.256 e. The number of hydrogen-bond acceptors (Lipinski definition) is 4. The Morgan fingerprint density at radius 1 is 1.11 bits per heavy atom. The Kier molecular flexibility index (Phi) is 6.46. The number of pyridine rings is 1. The predicted molar refractivity (Wildman–Crippen MR) is 116 cm³/mol. The van der Waals surface area contributed by atoms with Gasteiger partial charge in [-0.05, 0) is 70.6 Å². The number of nitrogens with one attached hydrogen (secondary N) is 1. The van der Waals surface area contributed by atoms with Crippen molar-refractivity contribution in [3.8, 4) is 11.3 Å². The van der Waals surface area contributed by atoms with Crippen LogP contribution in [0.3, 0.4) is 0 Å². The fourth-order valence-electron chi connectivity index (χ4n) is 2.51. The second-order valence-electron chi connectivity index (χ2n) is 5.67. The van der Waals surface area contributed by atoms with Gasteiger partial charge < -0.3 is 5.32 Å². The molecule has 0 fully saturated rings. The highest BCUT2D eigenvalue weighted by atomic mass is 127. The highest BCUT2D eigenvalue weighted by Crippen LogP contribution is 2.29. The van der Waals surface area contributed by atoms with Crippen LogP contribution in [0.1, 0.15) is 15.9 Å². The fraction of sp³-hybridized carbons (Fsp3) is 0.0526. The molecule has 0 saturated carbocycles. The first-order valence-corrected chi connectivity index (χ1v) is 10.7. The Bertz CT molecular complexity index is 1060. The third kappa shape index (κ3) is 5.06. The van der Waals surface area contributed by atoms with Gasteiger partial charge in [-0.25, -0.2) is 8.42 Å². The molecule has 0 spiro atoms. The van der Waals surface area contributed by atoms with Gasteiger partial charge in [-0.3, -0.25) is 9.78 Å². The minimum Gasteiger partial charge on any atom is -0.322 e. The molecule has 0 radical (unpaired) electrons. The van der Waals surface area contributed by atoms with Crippen molar-refractivity contribution in [3.63, 3.8) is 0 Å². The Morgan fingerprint density at radius 3 is 2.59 bits per heavy atom. The van der Waals surface area contributed by atoms with E-state index in [1.165, 1.54) is 0 Å². The normalized spacial score (nSPS) is 10.8. The molecule has 5 nitrogen and oxygen atoms in total. The zero-order valence-corrected chi connectivity index (χ0v) is 17.7. The van der Waals surface area contributed by atoms with Gasteiger partial charge in [-0.2, -0.15) is 0 Å². The Hall–Kier alpha value is -1.97. The minimum atomic E-state index is -2.51. The number of carbonyl (C=O) groups is 1. The molecule has 0 aliphatic rings. The van der Waals surface area contributed by atoms with Gasteiger partial charge in [0.25, 0.3) is 5.91 Å². The molecule has 0 aliphatic carbocycles. The molecule has 27 heavy (non-hydrogen) atoms. The molecule has 0 aliphatic heterocycles. The molecule has 0 unspecified atom stereocenters. The highest BCUT2D eigenvalue weighted by Gasteiger charge is 2.13. The molecular weight excluding hydrogens is 499 g/mol. The van der Waals surface area contributed by atoms with E-state index in [4.69, 9.17) is 11.6 Å². The molecule has 3 aromatic rings. The van der Waals surface area contributed by atoms with Crippen LogP contribution < -0.4 is 5.32 Å². The number of rotatable bonds is 5. The van der Waals surface area contributed by atoms with Crippen LogP contribution in [-0.4, -0.2) is 19.3 Å². The molecule has 2 aromatic carbocycles. The zero-order chi connectivity index (χ0) is 19.4. The summed E-state index contributed by atoms with van der Waals surface area (Å²) in [4.78, 5) is 16.9. The zero-order valence-electron chi connectivity index (χ0n) is 13.9. The van der Waals surface area contributed by atoms with E-state index in [1.54, 1.807) is 42.6 Å². The number of carbonyl (C=O) groups excluding carboxylic acids is 1. The number of thiol groups is 1. The molecule has 3 rings (SSSR count). The van der Waals surface area contributed by atoms with Crippen LogP contribution in [0.15, 0.2) is 60.8 Å². The number of benzene rings is 2. The molecular formula is C19H14ClIN2O3S. The van der Waals surface area contributed by atoms with E-state index in [0.29, 0.717) is 31.1 Å². The van der Waals surface area contributed by atoms with E-state index in [-0.39, 0.29) is 11.7 Å². The first kappa shape index (κ1) is 19.8. The fourth-order valence-corrected chi connectivity index (χ4v) is 4.04. The Balaban J connectivity index is 1.84. The predicted octanol–water partition coefficient (Wildman–Crippen LogP) is 4.37. The average molecular weight is 513 g/mol. The molecule has 0 atom stereocenters. The van der Waals surface area contributed by atoms with Crippen LogP contribution in [0.5, 0.6) is 0 Å². The van der Waals surface area contributed by atoms with Crippen molar-refractivity contribution < 1.29 is 13.2 Å². The van der Waals surface area contributed by atoms with Crippen LogP contribution in [0.25, 0.3) is 11.3 Å². The molecule has 0 saturated heterocycles. The van der Waals surface area contributed by atoms with E-state index in [9.17, 15) is 13.2 Å². The van der Waals surface area contributed by atoms with E-state index < -0.39 is 10.7 Å². The highest BCUT2D eigenvalue weighted by molar-refractivity contribution is 14.1. The number of aromatic nitrogens is 1. The average Bonchev–Trinajstić information content (AvgIpc) is 2.63. The van der Waals surface area contributed by atoms with Gasteiger partial charge in [0.2, 0.25) is 0 Å². The number of halogens is 2. The summed E-state index contributed by atoms with van der Waals surface area (Å²) in [5.74, 6) is -0.329. The lowest BCUT2D eigenvalue weighted by Crippen LogP contribution is -2.13. The van der Waals surface area contributed by atoms with Crippen LogP contribution in [0.2, 0.25) is 5.02 Å². The van der Waals surface area contributed by atoms with Gasteiger partial charge in [0.1, 0.15) is 10.7 Å². The second-order valence-corrected chi connectivity index (χ2v) is 8.22. The van der Waals surface area contributed by atoms with Crippen LogP contribution in [0, 0.1) is 3.57 Å². The monoisotopic (exact) mass is 512 g/mol. The number of amides is 1. The first-order chi connectivity index (χ1) is 12.9. The summed E-state index contributed by atoms with van der Waals surface area (Å²) in [5, 5.41) is 3.39. The van der Waals surface area contributed by atoms with E-state index in [2.05, 4.69) is 10.3 Å². The van der Waals surface area contributed by atoms with Gasteiger partial charge in [-0.15, -0.1) is 0 Å². The molecule has 138 valence electrons. The van der Waals surface area contributed by atoms with Gasteiger partial charge in [-0.1, -0.05) is 23.7 Å². The Labute approximate surface area is 176 Å². The summed E-state index contributed by atoms with van der Waals surface area (Å²) in [7, 11) is -2.51. The summed E-state index contributed by atoms with van der Waals surface area (Å²) in [6.07, 6.45) is 1.68. The molecule has 1 amide bonds. The summed E-state index contributed by atoms with van der Waals surface area (Å²) in [6.45, 7) is 0. The van der Waals surface area contributed by atoms with Gasteiger partial charge in [0, 0.05) is 21.0 Å². The maximum Gasteiger partial charge on any atom is 0.256 e. The molecule has 8 heteroatoms. The minimum absolute atomic E-state index is 0.0438. The van der Waals surface area contributed by atoms with Crippen molar-refractivity contribution in [2.75, 3.05) is 5.32 Å². The lowest BCUT2D eigenvalue weighted by Gasteiger charge is -2.10. The molecule has 1 aromatic heterocycles. The van der Waals surface area contributed by atoms with Crippen molar-refractivity contribution in [1.82, 2.24) is 4.98 Å². The number of nitrogens with zero attached hydrogens (tertiary/aromatic N) is 1. The quantitative estimate of drug-likeness (QED) is 0.393. The van der Waals surface area contributed by atoms with Gasteiger partial charge in [0.05, 0.1) is 22.0 Å². The van der Waals surface area contributed by atoms with Crippen LogP contribution in [-0.2, 0) is 16.5 Å². The topological polar surface area (TPSA) is 76.1 Å². The van der Waals surface area contributed by atoms with Crippen LogP contribution in [0.4, 0.5) is 5.69 Å². The van der Waals surface area contributed by atoms with Crippen molar-refractivity contribution in [1.29, 1.82) is 0 Å². The van der Waals surface area contributed by atoms with Crippen molar-refractivity contribution in [3.05, 3.63) is 80.5 Å². The maximum absolute atomic E-state index is 12.6. The second kappa shape index (κ2) is 8.81. The lowest BCUT2D eigenvalue weighted by atomic mass is 10.1. The van der Waals surface area contributed by atoms with E-state index in [1.807, 2.05) is 40.8 Å². The standard InChI is InChI=1S/C19H14ClIN2O3S/c20-16-7-5-13(10-15(16)18-3-1-2-8-22-18)23-19(24)14-6-4-12(9-17(14)21)11-27(25)26/h1-10,27H,11H2,(H,23,24). The molecule has 0 bridgehead atoms. The van der Waals surface area contributed by atoms with Gasteiger partial charge in [0.15, 0.2) is 0 Å². The van der Waals surface area contributed by atoms with Crippen molar-refractivity contribution >= 4 is 56.5 Å².